The fraction of sp³-hybridized carbons (Fsp3) is 0.231. The van der Waals surface area contributed by atoms with Crippen molar-refractivity contribution in [1.29, 1.82) is 0 Å². The number of methoxy groups -OCH3 is 2. The summed E-state index contributed by atoms with van der Waals surface area (Å²) in [5.41, 5.74) is 1.20. The molecule has 1 aromatic carbocycles. The molecular formula is C13H13NO4. The summed E-state index contributed by atoms with van der Waals surface area (Å²) in [6, 6.07) is 5.28. The number of carbonyl (C=O) groups is 2. The van der Waals surface area contributed by atoms with Gasteiger partial charge in [-0.15, -0.1) is 0 Å². The highest BCUT2D eigenvalue weighted by atomic mass is 16.5. The lowest BCUT2D eigenvalue weighted by atomic mass is 10.1. The number of benzene rings is 1. The third-order valence-corrected chi connectivity index (χ3v) is 2.61. The van der Waals surface area contributed by atoms with Gasteiger partial charge in [-0.1, -0.05) is 0 Å². The highest BCUT2D eigenvalue weighted by Gasteiger charge is 2.23. The highest BCUT2D eigenvalue weighted by molar-refractivity contribution is 6.15. The predicted octanol–water partition coefficient (Wildman–Crippen LogP) is 1.13. The molecule has 2 amide bonds. The maximum atomic E-state index is 11.4. The number of rotatable bonds is 3. The van der Waals surface area contributed by atoms with Crippen LogP contribution in [0.15, 0.2) is 23.8 Å². The van der Waals surface area contributed by atoms with Gasteiger partial charge >= 0.3 is 0 Å². The van der Waals surface area contributed by atoms with Crippen LogP contribution in [0.3, 0.4) is 0 Å². The summed E-state index contributed by atoms with van der Waals surface area (Å²) >= 11 is 0. The molecule has 0 bridgehead atoms. The molecule has 94 valence electrons. The normalized spacial score (nSPS) is 16.9. The molecule has 1 fully saturated rings. The van der Waals surface area contributed by atoms with E-state index < -0.39 is 0 Å². The lowest BCUT2D eigenvalue weighted by Crippen LogP contribution is -2.19. The van der Waals surface area contributed by atoms with E-state index in [1.165, 1.54) is 0 Å². The number of hydrogen-bond donors (Lipinski definition) is 1. The first-order valence-corrected chi connectivity index (χ1v) is 5.40. The second-order valence-electron chi connectivity index (χ2n) is 3.87. The van der Waals surface area contributed by atoms with Crippen molar-refractivity contribution in [3.05, 3.63) is 29.3 Å². The summed E-state index contributed by atoms with van der Waals surface area (Å²) in [6.07, 6.45) is 1.77. The fourth-order valence-electron chi connectivity index (χ4n) is 1.73. The van der Waals surface area contributed by atoms with Crippen molar-refractivity contribution < 1.29 is 19.1 Å². The van der Waals surface area contributed by atoms with Gasteiger partial charge in [-0.3, -0.25) is 14.9 Å². The van der Waals surface area contributed by atoms with Crippen LogP contribution in [0.25, 0.3) is 6.08 Å². The second kappa shape index (κ2) is 4.91. The third kappa shape index (κ3) is 2.51. The maximum Gasteiger partial charge on any atom is 0.254 e. The first kappa shape index (κ1) is 12.2. The molecule has 2 rings (SSSR count). The van der Waals surface area contributed by atoms with Gasteiger partial charge in [0.25, 0.3) is 5.91 Å². The highest BCUT2D eigenvalue weighted by Crippen LogP contribution is 2.25. The summed E-state index contributed by atoms with van der Waals surface area (Å²) in [5, 5.41) is 2.24. The quantitative estimate of drug-likeness (QED) is 0.642. The Balaban J connectivity index is 2.36. The molecule has 1 aliphatic rings. The van der Waals surface area contributed by atoms with Crippen molar-refractivity contribution >= 4 is 17.9 Å². The van der Waals surface area contributed by atoms with E-state index >= 15 is 0 Å². The smallest absolute Gasteiger partial charge is 0.254 e. The fourth-order valence-corrected chi connectivity index (χ4v) is 1.73. The molecule has 5 nitrogen and oxygen atoms in total. The van der Waals surface area contributed by atoms with Crippen molar-refractivity contribution in [2.45, 2.75) is 6.42 Å². The van der Waals surface area contributed by atoms with E-state index in [9.17, 15) is 9.59 Å². The summed E-state index contributed by atoms with van der Waals surface area (Å²) < 4.78 is 10.3. The number of hydrogen-bond acceptors (Lipinski definition) is 4. The van der Waals surface area contributed by atoms with Crippen LogP contribution in [0.2, 0.25) is 0 Å². The lowest BCUT2D eigenvalue weighted by molar-refractivity contribution is -0.124. The Morgan fingerprint density at radius 2 is 1.72 bits per heavy atom. The molecule has 0 saturated carbocycles. The second-order valence-corrected chi connectivity index (χ2v) is 3.87. The zero-order valence-electron chi connectivity index (χ0n) is 10.1. The molecular weight excluding hydrogens is 234 g/mol. The van der Waals surface area contributed by atoms with Gasteiger partial charge in [0.15, 0.2) is 0 Å². The number of carbonyl (C=O) groups excluding carboxylic acids is 2. The Bertz CT molecular complexity index is 512. The van der Waals surface area contributed by atoms with Crippen LogP contribution in [0, 0.1) is 0 Å². The summed E-state index contributed by atoms with van der Waals surface area (Å²) in [4.78, 5) is 22.5. The molecule has 1 aromatic rings. The molecule has 18 heavy (non-hydrogen) atoms. The summed E-state index contributed by atoms with van der Waals surface area (Å²) in [6.45, 7) is 0. The van der Waals surface area contributed by atoms with Gasteiger partial charge in [0.05, 0.1) is 20.6 Å². The van der Waals surface area contributed by atoms with E-state index in [1.807, 2.05) is 0 Å². The molecule has 1 heterocycles. The SMILES string of the molecule is COc1cc(C=C2CC(=O)NC2=O)cc(OC)c1. The van der Waals surface area contributed by atoms with Crippen LogP contribution in [-0.2, 0) is 9.59 Å². The standard InChI is InChI=1S/C13H13NO4/c1-17-10-4-8(5-11(7-10)18-2)3-9-6-12(15)14-13(9)16/h3-5,7H,6H2,1-2H3,(H,14,15,16). The first-order valence-electron chi connectivity index (χ1n) is 5.40. The Hall–Kier alpha value is -2.30. The van der Waals surface area contributed by atoms with Gasteiger partial charge in [0.2, 0.25) is 5.91 Å². The Morgan fingerprint density at radius 3 is 2.17 bits per heavy atom. The average molecular weight is 247 g/mol. The van der Waals surface area contributed by atoms with E-state index in [2.05, 4.69) is 5.32 Å². The molecule has 0 atom stereocenters. The Kier molecular flexibility index (Phi) is 3.32. The zero-order chi connectivity index (χ0) is 13.1. The minimum absolute atomic E-state index is 0.109. The van der Waals surface area contributed by atoms with E-state index in [-0.39, 0.29) is 18.2 Å². The van der Waals surface area contributed by atoms with Crippen molar-refractivity contribution in [3.63, 3.8) is 0 Å². The van der Waals surface area contributed by atoms with Crippen molar-refractivity contribution in [1.82, 2.24) is 5.32 Å². The molecule has 5 heteroatoms. The topological polar surface area (TPSA) is 64.6 Å². The minimum Gasteiger partial charge on any atom is -0.497 e. The van der Waals surface area contributed by atoms with E-state index in [0.29, 0.717) is 17.1 Å². The largest absolute Gasteiger partial charge is 0.497 e. The van der Waals surface area contributed by atoms with Gasteiger partial charge in [-0.2, -0.15) is 0 Å². The van der Waals surface area contributed by atoms with E-state index in [1.54, 1.807) is 38.5 Å². The van der Waals surface area contributed by atoms with E-state index in [0.717, 1.165) is 5.56 Å². The Morgan fingerprint density at radius 1 is 1.11 bits per heavy atom. The van der Waals surface area contributed by atoms with Crippen LogP contribution in [0.1, 0.15) is 12.0 Å². The summed E-state index contributed by atoms with van der Waals surface area (Å²) in [7, 11) is 3.11. The number of imide groups is 1. The molecule has 0 aromatic heterocycles. The van der Waals surface area contributed by atoms with Gasteiger partial charge in [0.1, 0.15) is 11.5 Å². The molecule has 1 N–H and O–H groups in total. The molecule has 0 radical (unpaired) electrons. The molecule has 0 unspecified atom stereocenters. The zero-order valence-corrected chi connectivity index (χ0v) is 10.1. The van der Waals surface area contributed by atoms with Gasteiger partial charge in [-0.25, -0.2) is 0 Å². The van der Waals surface area contributed by atoms with Gasteiger partial charge < -0.3 is 9.47 Å². The first-order chi connectivity index (χ1) is 8.62. The van der Waals surface area contributed by atoms with Crippen LogP contribution in [0.4, 0.5) is 0 Å². The van der Waals surface area contributed by atoms with Crippen molar-refractivity contribution in [2.24, 2.45) is 0 Å². The number of nitrogens with one attached hydrogen (secondary N) is 1. The van der Waals surface area contributed by atoms with Crippen LogP contribution in [0.5, 0.6) is 11.5 Å². The van der Waals surface area contributed by atoms with Crippen LogP contribution < -0.4 is 14.8 Å². The van der Waals surface area contributed by atoms with Gasteiger partial charge in [-0.05, 0) is 23.8 Å². The number of amides is 2. The van der Waals surface area contributed by atoms with Crippen molar-refractivity contribution in [3.8, 4) is 11.5 Å². The van der Waals surface area contributed by atoms with Crippen LogP contribution >= 0.6 is 0 Å². The molecule has 1 saturated heterocycles. The summed E-state index contributed by atoms with van der Waals surface area (Å²) in [5.74, 6) is 0.639. The van der Waals surface area contributed by atoms with Gasteiger partial charge in [0, 0.05) is 11.6 Å². The monoisotopic (exact) mass is 247 g/mol. The Labute approximate surface area is 104 Å². The predicted molar refractivity (Wildman–Crippen MR) is 65.3 cm³/mol. The third-order valence-electron chi connectivity index (χ3n) is 2.61. The number of ether oxygens (including phenoxy) is 2. The van der Waals surface area contributed by atoms with Crippen molar-refractivity contribution in [2.75, 3.05) is 14.2 Å². The maximum absolute atomic E-state index is 11.4. The van der Waals surface area contributed by atoms with Crippen LogP contribution in [-0.4, -0.2) is 26.0 Å². The minimum atomic E-state index is -0.346. The molecule has 0 aliphatic carbocycles. The lowest BCUT2D eigenvalue weighted by Gasteiger charge is -2.06. The molecule has 0 spiro atoms. The van der Waals surface area contributed by atoms with E-state index in [4.69, 9.17) is 9.47 Å². The molecule has 1 aliphatic heterocycles. The average Bonchev–Trinajstić information content (AvgIpc) is 2.67.